The van der Waals surface area contributed by atoms with Crippen LogP contribution in [-0.4, -0.2) is 23.0 Å². The lowest BCUT2D eigenvalue weighted by molar-refractivity contribution is -0.137. The number of benzene rings is 3. The first-order valence-electron chi connectivity index (χ1n) is 10.6. The Morgan fingerprint density at radius 1 is 0.889 bits per heavy atom. The lowest BCUT2D eigenvalue weighted by atomic mass is 10.1. The van der Waals surface area contributed by atoms with Crippen molar-refractivity contribution < 1.29 is 27.5 Å². The molecule has 0 saturated heterocycles. The Morgan fingerprint density at radius 3 is 2.17 bits per heavy atom. The Hall–Kier alpha value is -3.44. The summed E-state index contributed by atoms with van der Waals surface area (Å²) in [7, 11) is 0. The standard InChI is InChI=1S/C25H21BrF3N3O3S/c1-14(2)35-21-11-8-16(12-20(21)26)23(34)32-24(36)31-18-9-6-15(7-10-18)22(33)30-19-5-3-4-17(13-19)25(27,28)29/h3-14H,1-2H3,(H,30,33)(H2,31,32,34,36). The molecule has 0 aliphatic carbocycles. The summed E-state index contributed by atoms with van der Waals surface area (Å²) in [6, 6.07) is 15.3. The van der Waals surface area contributed by atoms with Crippen LogP contribution in [-0.2, 0) is 6.18 Å². The molecule has 3 N–H and O–H groups in total. The van der Waals surface area contributed by atoms with Crippen molar-refractivity contribution in [3.05, 3.63) is 87.9 Å². The van der Waals surface area contributed by atoms with Gasteiger partial charge in [0.15, 0.2) is 5.11 Å². The van der Waals surface area contributed by atoms with Gasteiger partial charge in [-0.1, -0.05) is 6.07 Å². The second-order valence-electron chi connectivity index (χ2n) is 7.83. The van der Waals surface area contributed by atoms with Gasteiger partial charge < -0.3 is 15.4 Å². The van der Waals surface area contributed by atoms with Crippen LogP contribution < -0.4 is 20.7 Å². The van der Waals surface area contributed by atoms with Gasteiger partial charge in [0, 0.05) is 22.5 Å². The van der Waals surface area contributed by atoms with E-state index in [1.165, 1.54) is 24.3 Å². The van der Waals surface area contributed by atoms with E-state index < -0.39 is 23.6 Å². The minimum atomic E-state index is -4.51. The van der Waals surface area contributed by atoms with Gasteiger partial charge in [-0.05, 0) is 103 Å². The number of hydrogen-bond acceptors (Lipinski definition) is 4. The summed E-state index contributed by atoms with van der Waals surface area (Å²) in [6.07, 6.45) is -4.53. The molecule has 0 radical (unpaired) electrons. The fraction of sp³-hybridized carbons (Fsp3) is 0.160. The van der Waals surface area contributed by atoms with Crippen LogP contribution >= 0.6 is 28.1 Å². The summed E-state index contributed by atoms with van der Waals surface area (Å²) >= 11 is 8.57. The largest absolute Gasteiger partial charge is 0.490 e. The lowest BCUT2D eigenvalue weighted by Crippen LogP contribution is -2.34. The number of hydrogen-bond donors (Lipinski definition) is 3. The third-order valence-corrected chi connectivity index (χ3v) is 5.46. The second kappa shape index (κ2) is 11.5. The van der Waals surface area contributed by atoms with E-state index in [1.807, 2.05) is 13.8 Å². The highest BCUT2D eigenvalue weighted by atomic mass is 79.9. The number of halogens is 4. The minimum Gasteiger partial charge on any atom is -0.490 e. The van der Waals surface area contributed by atoms with Crippen LogP contribution in [0.1, 0.15) is 40.1 Å². The SMILES string of the molecule is CC(C)Oc1ccc(C(=O)NC(=S)Nc2ccc(C(=O)Nc3cccc(C(F)(F)F)c3)cc2)cc1Br. The average molecular weight is 580 g/mol. The number of ether oxygens (including phenoxy) is 1. The molecular formula is C25H21BrF3N3O3S. The molecule has 0 aliphatic heterocycles. The van der Waals surface area contributed by atoms with Gasteiger partial charge in [-0.15, -0.1) is 0 Å². The number of amides is 2. The molecule has 0 bridgehead atoms. The molecule has 0 aromatic heterocycles. The van der Waals surface area contributed by atoms with Crippen LogP contribution in [0.15, 0.2) is 71.2 Å². The number of carbonyl (C=O) groups excluding carboxylic acids is 2. The van der Waals surface area contributed by atoms with Gasteiger partial charge in [0.25, 0.3) is 11.8 Å². The molecule has 188 valence electrons. The fourth-order valence-electron chi connectivity index (χ4n) is 3.01. The van der Waals surface area contributed by atoms with Crippen molar-refractivity contribution in [2.45, 2.75) is 26.1 Å². The zero-order chi connectivity index (χ0) is 26.5. The normalized spacial score (nSPS) is 11.1. The van der Waals surface area contributed by atoms with E-state index in [2.05, 4.69) is 31.9 Å². The van der Waals surface area contributed by atoms with E-state index in [9.17, 15) is 22.8 Å². The highest BCUT2D eigenvalue weighted by molar-refractivity contribution is 9.10. The predicted molar refractivity (Wildman–Crippen MR) is 139 cm³/mol. The molecule has 2 amide bonds. The molecule has 6 nitrogen and oxygen atoms in total. The van der Waals surface area contributed by atoms with Crippen molar-refractivity contribution in [3.63, 3.8) is 0 Å². The smallest absolute Gasteiger partial charge is 0.416 e. The first-order chi connectivity index (χ1) is 16.9. The summed E-state index contributed by atoms with van der Waals surface area (Å²) in [5, 5.41) is 7.89. The first kappa shape index (κ1) is 27.2. The van der Waals surface area contributed by atoms with Gasteiger partial charge in [0.05, 0.1) is 16.1 Å². The summed E-state index contributed by atoms with van der Waals surface area (Å²) in [6.45, 7) is 3.79. The topological polar surface area (TPSA) is 79.5 Å². The molecule has 11 heteroatoms. The zero-order valence-corrected chi connectivity index (χ0v) is 21.5. The van der Waals surface area contributed by atoms with Gasteiger partial charge in [0.2, 0.25) is 0 Å². The molecule has 0 saturated carbocycles. The molecule has 0 unspecified atom stereocenters. The summed E-state index contributed by atoms with van der Waals surface area (Å²) in [5.41, 5.74) is 0.252. The maximum atomic E-state index is 12.9. The second-order valence-corrected chi connectivity index (χ2v) is 9.09. The van der Waals surface area contributed by atoms with Gasteiger partial charge in [-0.2, -0.15) is 13.2 Å². The number of anilines is 2. The maximum absolute atomic E-state index is 12.9. The van der Waals surface area contributed by atoms with Crippen molar-refractivity contribution in [2.75, 3.05) is 10.6 Å². The van der Waals surface area contributed by atoms with Crippen LogP contribution in [0.2, 0.25) is 0 Å². The number of rotatable bonds is 6. The van der Waals surface area contributed by atoms with Crippen LogP contribution in [0.25, 0.3) is 0 Å². The number of nitrogens with one attached hydrogen (secondary N) is 3. The summed E-state index contributed by atoms with van der Waals surface area (Å²) in [4.78, 5) is 24.9. The molecule has 0 fully saturated rings. The van der Waals surface area contributed by atoms with Crippen molar-refractivity contribution >= 4 is 56.4 Å². The quantitative estimate of drug-likeness (QED) is 0.285. The minimum absolute atomic E-state index is 0.0178. The summed E-state index contributed by atoms with van der Waals surface area (Å²) < 4.78 is 44.8. The number of alkyl halides is 3. The molecule has 3 aromatic carbocycles. The molecule has 0 atom stereocenters. The van der Waals surface area contributed by atoms with E-state index in [-0.39, 0.29) is 22.5 Å². The molecule has 0 spiro atoms. The Balaban J connectivity index is 1.57. The Labute approximate surface area is 219 Å². The third kappa shape index (κ3) is 7.53. The first-order valence-corrected chi connectivity index (χ1v) is 11.8. The van der Waals surface area contributed by atoms with Crippen molar-refractivity contribution in [2.24, 2.45) is 0 Å². The average Bonchev–Trinajstić information content (AvgIpc) is 2.80. The van der Waals surface area contributed by atoms with Crippen molar-refractivity contribution in [1.29, 1.82) is 0 Å². The van der Waals surface area contributed by atoms with Crippen LogP contribution in [0, 0.1) is 0 Å². The monoisotopic (exact) mass is 579 g/mol. The highest BCUT2D eigenvalue weighted by Gasteiger charge is 2.30. The van der Waals surface area contributed by atoms with E-state index in [1.54, 1.807) is 30.3 Å². The Bertz CT molecular complexity index is 1280. The van der Waals surface area contributed by atoms with E-state index in [0.717, 1.165) is 12.1 Å². The molecule has 0 heterocycles. The molecule has 3 aromatic rings. The lowest BCUT2D eigenvalue weighted by Gasteiger charge is -2.13. The van der Waals surface area contributed by atoms with Crippen LogP contribution in [0.3, 0.4) is 0 Å². The zero-order valence-electron chi connectivity index (χ0n) is 19.1. The fourth-order valence-corrected chi connectivity index (χ4v) is 3.69. The van der Waals surface area contributed by atoms with Crippen LogP contribution in [0.4, 0.5) is 24.5 Å². The Kier molecular flexibility index (Phi) is 8.70. The van der Waals surface area contributed by atoms with E-state index in [0.29, 0.717) is 21.5 Å². The van der Waals surface area contributed by atoms with E-state index in [4.69, 9.17) is 17.0 Å². The van der Waals surface area contributed by atoms with E-state index >= 15 is 0 Å². The van der Waals surface area contributed by atoms with Gasteiger partial charge in [-0.25, -0.2) is 0 Å². The third-order valence-electron chi connectivity index (χ3n) is 4.64. The van der Waals surface area contributed by atoms with Gasteiger partial charge >= 0.3 is 6.18 Å². The number of thiocarbonyl (C=S) groups is 1. The summed E-state index contributed by atoms with van der Waals surface area (Å²) in [5.74, 6) is -0.395. The van der Waals surface area contributed by atoms with Crippen molar-refractivity contribution in [1.82, 2.24) is 5.32 Å². The number of carbonyl (C=O) groups is 2. The highest BCUT2D eigenvalue weighted by Crippen LogP contribution is 2.31. The van der Waals surface area contributed by atoms with Gasteiger partial charge in [0.1, 0.15) is 5.75 Å². The molecule has 0 aliphatic rings. The van der Waals surface area contributed by atoms with Crippen LogP contribution in [0.5, 0.6) is 5.75 Å². The van der Waals surface area contributed by atoms with Crippen molar-refractivity contribution in [3.8, 4) is 5.75 Å². The predicted octanol–water partition coefficient (Wildman–Crippen LogP) is 6.63. The molecule has 36 heavy (non-hydrogen) atoms. The Morgan fingerprint density at radius 2 is 1.56 bits per heavy atom. The molecule has 3 rings (SSSR count). The molecular weight excluding hydrogens is 559 g/mol. The van der Waals surface area contributed by atoms with Gasteiger partial charge in [-0.3, -0.25) is 14.9 Å². The maximum Gasteiger partial charge on any atom is 0.416 e.